The molecule has 1 aromatic rings. The Morgan fingerprint density at radius 2 is 2.29 bits per heavy atom. The van der Waals surface area contributed by atoms with Gasteiger partial charge in [0.05, 0.1) is 12.5 Å². The SMILES string of the molecule is CCc1cc(N(C)CCC#N)ncn1. The second-order valence-corrected chi connectivity index (χ2v) is 3.05. The summed E-state index contributed by atoms with van der Waals surface area (Å²) in [5.74, 6) is 0.882. The molecule has 4 heteroatoms. The summed E-state index contributed by atoms with van der Waals surface area (Å²) in [7, 11) is 1.93. The standard InChI is InChI=1S/C10H14N4/c1-3-9-7-10(13-8-12-9)14(2)6-4-5-11/h7-8H,3-4,6H2,1-2H3. The first-order valence-electron chi connectivity index (χ1n) is 4.67. The molecule has 0 fully saturated rings. The maximum Gasteiger partial charge on any atom is 0.131 e. The van der Waals surface area contributed by atoms with Crippen LogP contribution >= 0.6 is 0 Å². The van der Waals surface area contributed by atoms with Gasteiger partial charge in [0.15, 0.2) is 0 Å². The number of hydrogen-bond donors (Lipinski definition) is 0. The fourth-order valence-corrected chi connectivity index (χ4v) is 1.12. The van der Waals surface area contributed by atoms with E-state index in [9.17, 15) is 0 Å². The van der Waals surface area contributed by atoms with Gasteiger partial charge in [0.2, 0.25) is 0 Å². The topological polar surface area (TPSA) is 52.8 Å². The van der Waals surface area contributed by atoms with Crippen LogP contribution in [0.4, 0.5) is 5.82 Å². The van der Waals surface area contributed by atoms with Gasteiger partial charge in [-0.25, -0.2) is 9.97 Å². The lowest BCUT2D eigenvalue weighted by Gasteiger charge is -2.16. The van der Waals surface area contributed by atoms with Gasteiger partial charge in [-0.1, -0.05) is 6.92 Å². The van der Waals surface area contributed by atoms with Crippen molar-refractivity contribution in [2.24, 2.45) is 0 Å². The van der Waals surface area contributed by atoms with Crippen LogP contribution < -0.4 is 4.90 Å². The highest BCUT2D eigenvalue weighted by Gasteiger charge is 2.02. The lowest BCUT2D eigenvalue weighted by atomic mass is 10.3. The maximum atomic E-state index is 8.45. The molecule has 0 saturated heterocycles. The Morgan fingerprint density at radius 1 is 1.50 bits per heavy atom. The van der Waals surface area contributed by atoms with Crippen molar-refractivity contribution in [3.05, 3.63) is 18.1 Å². The van der Waals surface area contributed by atoms with Crippen molar-refractivity contribution < 1.29 is 0 Å². The quantitative estimate of drug-likeness (QED) is 0.720. The normalized spacial score (nSPS) is 9.50. The Kier molecular flexibility index (Phi) is 3.86. The molecule has 74 valence electrons. The summed E-state index contributed by atoms with van der Waals surface area (Å²) in [5.41, 5.74) is 1.03. The summed E-state index contributed by atoms with van der Waals surface area (Å²) in [6, 6.07) is 4.07. The van der Waals surface area contributed by atoms with E-state index in [-0.39, 0.29) is 0 Å². The largest absolute Gasteiger partial charge is 0.359 e. The van der Waals surface area contributed by atoms with E-state index < -0.39 is 0 Å². The van der Waals surface area contributed by atoms with Gasteiger partial charge in [-0.15, -0.1) is 0 Å². The van der Waals surface area contributed by atoms with Crippen molar-refractivity contribution in [2.75, 3.05) is 18.5 Å². The molecule has 0 saturated carbocycles. The third kappa shape index (κ3) is 2.70. The van der Waals surface area contributed by atoms with Crippen LogP contribution in [0.3, 0.4) is 0 Å². The number of nitrogens with zero attached hydrogens (tertiary/aromatic N) is 4. The van der Waals surface area contributed by atoms with Crippen molar-refractivity contribution in [3.8, 4) is 6.07 Å². The third-order valence-electron chi connectivity index (χ3n) is 2.02. The Labute approximate surface area is 84.2 Å². The molecule has 0 bridgehead atoms. The Bertz CT molecular complexity index is 329. The molecule has 1 rings (SSSR count). The first kappa shape index (κ1) is 10.5. The summed E-state index contributed by atoms with van der Waals surface area (Å²) in [6.07, 6.45) is 2.99. The fourth-order valence-electron chi connectivity index (χ4n) is 1.12. The minimum Gasteiger partial charge on any atom is -0.359 e. The Balaban J connectivity index is 2.70. The lowest BCUT2D eigenvalue weighted by molar-refractivity contribution is 0.869. The molecular weight excluding hydrogens is 176 g/mol. The molecule has 0 aliphatic rings. The van der Waals surface area contributed by atoms with Gasteiger partial charge in [-0.3, -0.25) is 0 Å². The lowest BCUT2D eigenvalue weighted by Crippen LogP contribution is -2.19. The van der Waals surface area contributed by atoms with Gasteiger partial charge >= 0.3 is 0 Å². The molecule has 4 nitrogen and oxygen atoms in total. The number of rotatable bonds is 4. The van der Waals surface area contributed by atoms with Gasteiger partial charge in [0.25, 0.3) is 0 Å². The molecule has 0 atom stereocenters. The first-order valence-corrected chi connectivity index (χ1v) is 4.67. The number of aromatic nitrogens is 2. The minimum atomic E-state index is 0.516. The van der Waals surface area contributed by atoms with Crippen molar-refractivity contribution in [2.45, 2.75) is 19.8 Å². The van der Waals surface area contributed by atoms with Gasteiger partial charge in [0.1, 0.15) is 12.1 Å². The highest BCUT2D eigenvalue weighted by molar-refractivity contribution is 5.37. The molecule has 0 unspecified atom stereocenters. The molecule has 0 spiro atoms. The van der Waals surface area contributed by atoms with Crippen LogP contribution in [-0.4, -0.2) is 23.6 Å². The molecule has 0 aliphatic carbocycles. The van der Waals surface area contributed by atoms with E-state index in [1.807, 2.05) is 18.0 Å². The van der Waals surface area contributed by atoms with E-state index >= 15 is 0 Å². The summed E-state index contributed by atoms with van der Waals surface area (Å²) in [4.78, 5) is 10.2. The Morgan fingerprint density at radius 3 is 2.93 bits per heavy atom. The van der Waals surface area contributed by atoms with Crippen molar-refractivity contribution in [1.29, 1.82) is 5.26 Å². The second-order valence-electron chi connectivity index (χ2n) is 3.05. The third-order valence-corrected chi connectivity index (χ3v) is 2.02. The minimum absolute atomic E-state index is 0.516. The van der Waals surface area contributed by atoms with Crippen molar-refractivity contribution in [3.63, 3.8) is 0 Å². The van der Waals surface area contributed by atoms with Gasteiger partial charge < -0.3 is 4.90 Å². The summed E-state index contributed by atoms with van der Waals surface area (Å²) >= 11 is 0. The zero-order valence-corrected chi connectivity index (χ0v) is 8.56. The van der Waals surface area contributed by atoms with Crippen LogP contribution in [0.2, 0.25) is 0 Å². The zero-order chi connectivity index (χ0) is 10.4. The monoisotopic (exact) mass is 190 g/mol. The number of nitriles is 1. The number of anilines is 1. The van der Waals surface area contributed by atoms with Crippen molar-refractivity contribution in [1.82, 2.24) is 9.97 Å². The highest BCUT2D eigenvalue weighted by Crippen LogP contribution is 2.09. The molecule has 1 aromatic heterocycles. The molecule has 0 aromatic carbocycles. The predicted octanol–water partition coefficient (Wildman–Crippen LogP) is 1.39. The fraction of sp³-hybridized carbons (Fsp3) is 0.500. The zero-order valence-electron chi connectivity index (χ0n) is 8.56. The average molecular weight is 190 g/mol. The summed E-state index contributed by atoms with van der Waals surface area (Å²) < 4.78 is 0. The van der Waals surface area contributed by atoms with E-state index in [0.717, 1.165) is 17.9 Å². The molecule has 0 aliphatic heterocycles. The maximum absolute atomic E-state index is 8.45. The number of aryl methyl sites for hydroxylation is 1. The second kappa shape index (κ2) is 5.18. The molecule has 14 heavy (non-hydrogen) atoms. The van der Waals surface area contributed by atoms with Crippen LogP contribution in [0.1, 0.15) is 19.0 Å². The van der Waals surface area contributed by atoms with E-state index in [1.165, 1.54) is 0 Å². The van der Waals surface area contributed by atoms with E-state index in [4.69, 9.17) is 5.26 Å². The first-order chi connectivity index (χ1) is 6.77. The van der Waals surface area contributed by atoms with E-state index in [0.29, 0.717) is 13.0 Å². The highest BCUT2D eigenvalue weighted by atomic mass is 15.2. The molecular formula is C10H14N4. The van der Waals surface area contributed by atoms with Gasteiger partial charge in [-0.05, 0) is 6.42 Å². The van der Waals surface area contributed by atoms with Gasteiger partial charge in [0, 0.05) is 25.4 Å². The van der Waals surface area contributed by atoms with Crippen LogP contribution in [0, 0.1) is 11.3 Å². The molecule has 1 heterocycles. The van der Waals surface area contributed by atoms with Crippen LogP contribution in [0.25, 0.3) is 0 Å². The van der Waals surface area contributed by atoms with Crippen LogP contribution in [-0.2, 0) is 6.42 Å². The summed E-state index contributed by atoms with van der Waals surface area (Å²) in [5, 5.41) is 8.45. The average Bonchev–Trinajstić information content (AvgIpc) is 2.26. The van der Waals surface area contributed by atoms with Crippen molar-refractivity contribution >= 4 is 5.82 Å². The summed E-state index contributed by atoms with van der Waals surface area (Å²) in [6.45, 7) is 2.76. The van der Waals surface area contributed by atoms with Gasteiger partial charge in [-0.2, -0.15) is 5.26 Å². The van der Waals surface area contributed by atoms with E-state index in [1.54, 1.807) is 6.33 Å². The van der Waals surface area contributed by atoms with Crippen LogP contribution in [0.15, 0.2) is 12.4 Å². The number of hydrogen-bond acceptors (Lipinski definition) is 4. The molecule has 0 N–H and O–H groups in total. The Hall–Kier alpha value is -1.63. The van der Waals surface area contributed by atoms with Crippen LogP contribution in [0.5, 0.6) is 0 Å². The molecule has 0 radical (unpaired) electrons. The predicted molar refractivity (Wildman–Crippen MR) is 54.9 cm³/mol. The van der Waals surface area contributed by atoms with E-state index in [2.05, 4.69) is 23.0 Å². The molecule has 0 amide bonds. The smallest absolute Gasteiger partial charge is 0.131 e.